The summed E-state index contributed by atoms with van der Waals surface area (Å²) in [6.45, 7) is 0.379. The number of hydrogen-bond donors (Lipinski definition) is 1. The summed E-state index contributed by atoms with van der Waals surface area (Å²) in [5.41, 5.74) is -0.807. The zero-order chi connectivity index (χ0) is 22.6. The highest BCUT2D eigenvalue weighted by molar-refractivity contribution is 5.96. The molecule has 2 aliphatic rings. The summed E-state index contributed by atoms with van der Waals surface area (Å²) in [6.07, 6.45) is 2.08. The number of fused-ring (bicyclic) bond motifs is 2. The maximum Gasteiger partial charge on any atom is 0.276 e. The minimum Gasteiger partial charge on any atom is -0.502 e. The van der Waals surface area contributed by atoms with Crippen molar-refractivity contribution >= 4 is 5.91 Å². The molecular weight excluding hydrogens is 423 g/mol. The summed E-state index contributed by atoms with van der Waals surface area (Å²) < 4.78 is 44.7. The number of nitrogens with zero attached hydrogens (tertiary/aromatic N) is 3. The molecule has 1 fully saturated rings. The van der Waals surface area contributed by atoms with Gasteiger partial charge in [-0.3, -0.25) is 14.3 Å². The van der Waals surface area contributed by atoms with Gasteiger partial charge in [-0.1, -0.05) is 18.2 Å². The molecule has 9 heteroatoms. The number of carbonyl (C=O) groups excluding carboxylic acids is 1. The fourth-order valence-electron chi connectivity index (χ4n) is 4.99. The Balaban J connectivity index is 1.82. The number of hydrogen-bond acceptors (Lipinski definition) is 4. The Kier molecular flexibility index (Phi) is 4.76. The largest absolute Gasteiger partial charge is 0.502 e. The Morgan fingerprint density at radius 3 is 2.50 bits per heavy atom. The third-order valence-corrected chi connectivity index (χ3v) is 6.25. The quantitative estimate of drug-likeness (QED) is 0.677. The van der Waals surface area contributed by atoms with E-state index in [2.05, 4.69) is 5.10 Å². The van der Waals surface area contributed by atoms with Gasteiger partial charge in [-0.05, 0) is 42.2 Å². The minimum absolute atomic E-state index is 0.157. The van der Waals surface area contributed by atoms with Crippen molar-refractivity contribution in [2.24, 2.45) is 0 Å². The average molecular weight is 441 g/mol. The van der Waals surface area contributed by atoms with Crippen molar-refractivity contribution in [3.05, 3.63) is 93.2 Å². The van der Waals surface area contributed by atoms with E-state index in [-0.39, 0.29) is 16.8 Å². The molecule has 164 valence electrons. The molecule has 5 rings (SSSR count). The molecule has 32 heavy (non-hydrogen) atoms. The second-order valence-electron chi connectivity index (χ2n) is 8.05. The van der Waals surface area contributed by atoms with Gasteiger partial charge in [0.15, 0.2) is 11.4 Å². The van der Waals surface area contributed by atoms with Crippen LogP contribution in [0.4, 0.5) is 13.2 Å². The van der Waals surface area contributed by atoms with Crippen LogP contribution >= 0.6 is 0 Å². The molecule has 0 unspecified atom stereocenters. The van der Waals surface area contributed by atoms with E-state index >= 15 is 4.39 Å². The van der Waals surface area contributed by atoms with E-state index in [0.717, 1.165) is 24.4 Å². The molecule has 3 heterocycles. The van der Waals surface area contributed by atoms with Crippen LogP contribution in [0.25, 0.3) is 0 Å². The molecule has 1 N–H and O–H groups in total. The second kappa shape index (κ2) is 7.51. The minimum atomic E-state index is -0.951. The predicted octanol–water partition coefficient (Wildman–Crippen LogP) is 3.36. The molecule has 0 spiro atoms. The van der Waals surface area contributed by atoms with E-state index in [1.54, 1.807) is 6.07 Å². The van der Waals surface area contributed by atoms with Gasteiger partial charge < -0.3 is 10.0 Å². The third kappa shape index (κ3) is 3.07. The highest BCUT2D eigenvalue weighted by atomic mass is 19.1. The lowest BCUT2D eigenvalue weighted by Crippen LogP contribution is -2.51. The van der Waals surface area contributed by atoms with Crippen LogP contribution in [0.2, 0.25) is 0 Å². The maximum atomic E-state index is 15.0. The second-order valence-corrected chi connectivity index (χ2v) is 8.05. The van der Waals surface area contributed by atoms with Crippen LogP contribution in [0.3, 0.4) is 0 Å². The Hall–Kier alpha value is -3.62. The first-order valence-corrected chi connectivity index (χ1v) is 10.2. The van der Waals surface area contributed by atoms with Gasteiger partial charge in [0.1, 0.15) is 17.5 Å². The monoisotopic (exact) mass is 441 g/mol. The van der Waals surface area contributed by atoms with Gasteiger partial charge >= 0.3 is 0 Å². The molecule has 0 bridgehead atoms. The Bertz CT molecular complexity index is 1270. The van der Waals surface area contributed by atoms with Gasteiger partial charge in [0, 0.05) is 18.5 Å². The number of benzene rings is 2. The first-order valence-electron chi connectivity index (χ1n) is 10.2. The number of aromatic hydroxyl groups is 1. The summed E-state index contributed by atoms with van der Waals surface area (Å²) in [7, 11) is 0. The van der Waals surface area contributed by atoms with Gasteiger partial charge in [-0.2, -0.15) is 5.10 Å². The zero-order valence-electron chi connectivity index (χ0n) is 16.7. The third-order valence-electron chi connectivity index (χ3n) is 6.25. The Morgan fingerprint density at radius 1 is 1.06 bits per heavy atom. The molecule has 3 atom stereocenters. The van der Waals surface area contributed by atoms with Gasteiger partial charge in [-0.15, -0.1) is 0 Å². The molecule has 6 nitrogen and oxygen atoms in total. The molecule has 3 aromatic rings. The van der Waals surface area contributed by atoms with Crippen LogP contribution < -0.4 is 5.43 Å². The highest BCUT2D eigenvalue weighted by Gasteiger charge is 2.48. The van der Waals surface area contributed by atoms with Crippen LogP contribution in [0.1, 0.15) is 46.4 Å². The molecule has 0 radical (unpaired) electrons. The van der Waals surface area contributed by atoms with Crippen LogP contribution in [-0.2, 0) is 0 Å². The van der Waals surface area contributed by atoms with E-state index < -0.39 is 52.5 Å². The van der Waals surface area contributed by atoms with Crippen molar-refractivity contribution in [2.45, 2.75) is 30.8 Å². The topological polar surface area (TPSA) is 75.4 Å². The zero-order valence-corrected chi connectivity index (χ0v) is 16.7. The summed E-state index contributed by atoms with van der Waals surface area (Å²) >= 11 is 0. The maximum absolute atomic E-state index is 15.0. The molecule has 1 saturated heterocycles. The number of amides is 1. The fraction of sp³-hybridized carbons (Fsp3) is 0.261. The first-order chi connectivity index (χ1) is 15.4. The number of rotatable bonds is 3. The van der Waals surface area contributed by atoms with E-state index in [4.69, 9.17) is 0 Å². The van der Waals surface area contributed by atoms with Crippen LogP contribution in [0.15, 0.2) is 53.5 Å². The van der Waals surface area contributed by atoms with Gasteiger partial charge in [0.2, 0.25) is 5.43 Å². The SMILES string of the molecule is O=C1c2c(O)c(=O)cnn2[C@@H]([C@@H](c2cc(F)cc(F)c2)c2ccccc2F)[C@H]2CCCN12. The highest BCUT2D eigenvalue weighted by Crippen LogP contribution is 2.46. The van der Waals surface area contributed by atoms with Crippen molar-refractivity contribution in [1.82, 2.24) is 14.7 Å². The van der Waals surface area contributed by atoms with Crippen LogP contribution in [0.5, 0.6) is 5.75 Å². The normalized spacial score (nSPS) is 20.7. The summed E-state index contributed by atoms with van der Waals surface area (Å²) in [6, 6.07) is 7.56. The van der Waals surface area contributed by atoms with E-state index in [9.17, 15) is 23.5 Å². The van der Waals surface area contributed by atoms with Crippen LogP contribution in [0, 0.1) is 17.5 Å². The van der Waals surface area contributed by atoms with E-state index in [1.807, 2.05) is 0 Å². The molecule has 2 aliphatic heterocycles. The molecule has 0 saturated carbocycles. The van der Waals surface area contributed by atoms with Gasteiger partial charge in [0.25, 0.3) is 5.91 Å². The molecule has 1 amide bonds. The number of carbonyl (C=O) groups is 1. The summed E-state index contributed by atoms with van der Waals surface area (Å²) in [5, 5.41) is 14.5. The fourth-order valence-corrected chi connectivity index (χ4v) is 4.99. The lowest BCUT2D eigenvalue weighted by Gasteiger charge is -2.42. The smallest absolute Gasteiger partial charge is 0.276 e. The predicted molar refractivity (Wildman–Crippen MR) is 108 cm³/mol. The molecule has 0 aliphatic carbocycles. The number of aromatic nitrogens is 2. The van der Waals surface area contributed by atoms with Crippen molar-refractivity contribution in [2.75, 3.05) is 6.54 Å². The van der Waals surface area contributed by atoms with E-state index in [1.165, 1.54) is 27.8 Å². The van der Waals surface area contributed by atoms with Crippen molar-refractivity contribution < 1.29 is 23.1 Å². The van der Waals surface area contributed by atoms with Crippen LogP contribution in [-0.4, -0.2) is 38.3 Å². The van der Waals surface area contributed by atoms with Crippen molar-refractivity contribution in [3.63, 3.8) is 0 Å². The van der Waals surface area contributed by atoms with E-state index in [0.29, 0.717) is 19.4 Å². The van der Waals surface area contributed by atoms with Crippen molar-refractivity contribution in [1.29, 1.82) is 0 Å². The Labute approximate surface area is 180 Å². The molecule has 2 aromatic carbocycles. The summed E-state index contributed by atoms with van der Waals surface area (Å²) in [5.74, 6) is -4.49. The average Bonchev–Trinajstić information content (AvgIpc) is 3.23. The number of halogens is 3. The molecule has 1 aromatic heterocycles. The first kappa shape index (κ1) is 20.3. The molecular formula is C23H18F3N3O3. The van der Waals surface area contributed by atoms with Crippen molar-refractivity contribution in [3.8, 4) is 5.75 Å². The Morgan fingerprint density at radius 2 is 1.78 bits per heavy atom. The lowest BCUT2D eigenvalue weighted by atomic mass is 9.79. The summed E-state index contributed by atoms with van der Waals surface area (Å²) in [4.78, 5) is 26.6. The standard InChI is InChI=1S/C23H18F3N3O3/c24-13-8-12(9-14(25)10-13)19(15-4-1-2-5-16(15)26)20-17-6-3-7-28(17)23(32)21-22(31)18(30)11-27-29(20)21/h1-2,4-5,8-11,17,19-20,31H,3,6-7H2/t17-,19+,20-/m1/s1. The lowest BCUT2D eigenvalue weighted by molar-refractivity contribution is 0.0564. The van der Waals surface area contributed by atoms with Gasteiger partial charge in [0.05, 0.1) is 18.3 Å². The van der Waals surface area contributed by atoms with Gasteiger partial charge in [-0.25, -0.2) is 13.2 Å².